The molecule has 0 aliphatic carbocycles. The summed E-state index contributed by atoms with van der Waals surface area (Å²) >= 11 is 0. The van der Waals surface area contributed by atoms with Crippen LogP contribution in [0.15, 0.2) is 18.2 Å². The second-order valence-electron chi connectivity index (χ2n) is 4.65. The highest BCUT2D eigenvalue weighted by Gasteiger charge is 2.30. The molecule has 1 unspecified atom stereocenters. The Morgan fingerprint density at radius 2 is 1.95 bits per heavy atom. The number of alkyl halides is 3. The number of carbonyl (C=O) groups excluding carboxylic acids is 1. The number of aromatic carboxylic acids is 1. The fourth-order valence-corrected chi connectivity index (χ4v) is 1.72. The van der Waals surface area contributed by atoms with Crippen molar-refractivity contribution in [2.75, 3.05) is 5.32 Å². The molecule has 0 fully saturated rings. The molecule has 0 aliphatic heterocycles. The SMILES string of the molecule is Cc1cc(C(=O)O)ccc1NC(=O)NC(C)CC(F)(F)F. The van der Waals surface area contributed by atoms with E-state index < -0.39 is 30.6 Å². The van der Waals surface area contributed by atoms with Crippen LogP contribution < -0.4 is 10.6 Å². The summed E-state index contributed by atoms with van der Waals surface area (Å²) in [5.74, 6) is -1.10. The summed E-state index contributed by atoms with van der Waals surface area (Å²) < 4.78 is 36.4. The van der Waals surface area contributed by atoms with Crippen LogP contribution in [0.2, 0.25) is 0 Å². The van der Waals surface area contributed by atoms with Crippen molar-refractivity contribution < 1.29 is 27.9 Å². The maximum absolute atomic E-state index is 12.1. The lowest BCUT2D eigenvalue weighted by Gasteiger charge is -2.17. The van der Waals surface area contributed by atoms with Gasteiger partial charge in [-0.05, 0) is 37.6 Å². The number of hydrogen-bond acceptors (Lipinski definition) is 2. The van der Waals surface area contributed by atoms with Gasteiger partial charge in [-0.15, -0.1) is 0 Å². The number of carboxylic acids is 1. The van der Waals surface area contributed by atoms with Crippen LogP contribution in [-0.2, 0) is 0 Å². The van der Waals surface area contributed by atoms with E-state index in [4.69, 9.17) is 5.11 Å². The number of amides is 2. The Balaban J connectivity index is 2.65. The van der Waals surface area contributed by atoms with Gasteiger partial charge in [-0.1, -0.05) is 0 Å². The van der Waals surface area contributed by atoms with Crippen LogP contribution in [0, 0.1) is 6.92 Å². The smallest absolute Gasteiger partial charge is 0.391 e. The zero-order valence-electron chi connectivity index (χ0n) is 11.4. The number of anilines is 1. The average molecular weight is 304 g/mol. The average Bonchev–Trinajstić information content (AvgIpc) is 2.28. The van der Waals surface area contributed by atoms with Gasteiger partial charge in [0.1, 0.15) is 0 Å². The molecule has 0 aliphatic rings. The lowest BCUT2D eigenvalue weighted by atomic mass is 10.1. The number of aryl methyl sites for hydroxylation is 1. The fraction of sp³-hybridized carbons (Fsp3) is 0.385. The van der Waals surface area contributed by atoms with Gasteiger partial charge in [-0.25, -0.2) is 9.59 Å². The fourth-order valence-electron chi connectivity index (χ4n) is 1.72. The molecule has 21 heavy (non-hydrogen) atoms. The molecule has 8 heteroatoms. The highest BCUT2D eigenvalue weighted by atomic mass is 19.4. The van der Waals surface area contributed by atoms with Gasteiger partial charge >= 0.3 is 18.2 Å². The minimum Gasteiger partial charge on any atom is -0.478 e. The van der Waals surface area contributed by atoms with Crippen molar-refractivity contribution in [3.8, 4) is 0 Å². The summed E-state index contributed by atoms with van der Waals surface area (Å²) in [6.07, 6.45) is -5.48. The number of carboxylic acid groups (broad SMARTS) is 1. The molecular formula is C13H15F3N2O3. The minimum absolute atomic E-state index is 0.0592. The van der Waals surface area contributed by atoms with Crippen molar-refractivity contribution in [2.45, 2.75) is 32.5 Å². The van der Waals surface area contributed by atoms with Crippen molar-refractivity contribution in [3.05, 3.63) is 29.3 Å². The maximum atomic E-state index is 12.1. The first kappa shape index (κ1) is 16.8. The number of nitrogens with one attached hydrogen (secondary N) is 2. The highest BCUT2D eigenvalue weighted by Crippen LogP contribution is 2.21. The standard InChI is InChI=1S/C13H15F3N2O3/c1-7-5-9(11(19)20)3-4-10(7)18-12(21)17-8(2)6-13(14,15)16/h3-5,8H,6H2,1-2H3,(H,19,20)(H2,17,18,21). The van der Waals surface area contributed by atoms with Gasteiger partial charge < -0.3 is 15.7 Å². The first-order chi connectivity index (χ1) is 9.58. The van der Waals surface area contributed by atoms with Gasteiger partial charge in [-0.3, -0.25) is 0 Å². The third-order valence-corrected chi connectivity index (χ3v) is 2.64. The number of urea groups is 1. The van der Waals surface area contributed by atoms with Crippen molar-refractivity contribution in [1.29, 1.82) is 0 Å². The normalized spacial score (nSPS) is 12.6. The second-order valence-corrected chi connectivity index (χ2v) is 4.65. The third-order valence-electron chi connectivity index (χ3n) is 2.64. The molecule has 1 aromatic rings. The van der Waals surface area contributed by atoms with E-state index in [0.29, 0.717) is 11.3 Å². The Labute approximate surface area is 119 Å². The van der Waals surface area contributed by atoms with Crippen LogP contribution in [0.25, 0.3) is 0 Å². The first-order valence-corrected chi connectivity index (χ1v) is 6.06. The van der Waals surface area contributed by atoms with E-state index in [1.165, 1.54) is 25.1 Å². The van der Waals surface area contributed by atoms with Crippen molar-refractivity contribution >= 4 is 17.7 Å². The van der Waals surface area contributed by atoms with Crippen LogP contribution in [0.1, 0.15) is 29.3 Å². The number of benzene rings is 1. The lowest BCUT2D eigenvalue weighted by Crippen LogP contribution is -2.38. The van der Waals surface area contributed by atoms with Crippen LogP contribution in [0.5, 0.6) is 0 Å². The molecule has 1 atom stereocenters. The molecule has 0 spiro atoms. The van der Waals surface area contributed by atoms with E-state index in [9.17, 15) is 22.8 Å². The van der Waals surface area contributed by atoms with E-state index >= 15 is 0 Å². The summed E-state index contributed by atoms with van der Waals surface area (Å²) in [5, 5.41) is 13.3. The Bertz CT molecular complexity index is 544. The van der Waals surface area contributed by atoms with E-state index in [1.807, 2.05) is 0 Å². The molecule has 0 aromatic heterocycles. The number of hydrogen-bond donors (Lipinski definition) is 3. The monoisotopic (exact) mass is 304 g/mol. The topological polar surface area (TPSA) is 78.4 Å². The van der Waals surface area contributed by atoms with Gasteiger partial charge in [0.2, 0.25) is 0 Å². The van der Waals surface area contributed by atoms with Gasteiger partial charge in [0.15, 0.2) is 0 Å². The van der Waals surface area contributed by atoms with Crippen LogP contribution in [0.3, 0.4) is 0 Å². The van der Waals surface area contributed by atoms with E-state index in [0.717, 1.165) is 0 Å². The molecule has 5 nitrogen and oxygen atoms in total. The number of halogens is 3. The van der Waals surface area contributed by atoms with Gasteiger partial charge in [0.05, 0.1) is 12.0 Å². The third kappa shape index (κ3) is 5.72. The molecule has 0 saturated heterocycles. The minimum atomic E-state index is -4.36. The highest BCUT2D eigenvalue weighted by molar-refractivity contribution is 5.92. The first-order valence-electron chi connectivity index (χ1n) is 6.06. The maximum Gasteiger partial charge on any atom is 0.391 e. The summed E-state index contributed by atoms with van der Waals surface area (Å²) in [6, 6.07) is 2.19. The Morgan fingerprint density at radius 3 is 2.43 bits per heavy atom. The zero-order valence-corrected chi connectivity index (χ0v) is 11.4. The molecule has 116 valence electrons. The van der Waals surface area contributed by atoms with Crippen LogP contribution in [-0.4, -0.2) is 29.3 Å². The Morgan fingerprint density at radius 1 is 1.33 bits per heavy atom. The van der Waals surface area contributed by atoms with Gasteiger partial charge in [-0.2, -0.15) is 13.2 Å². The van der Waals surface area contributed by atoms with Gasteiger partial charge in [0, 0.05) is 11.7 Å². The molecule has 1 rings (SSSR count). The second kappa shape index (κ2) is 6.47. The number of carbonyl (C=O) groups is 2. The van der Waals surface area contributed by atoms with Crippen molar-refractivity contribution in [1.82, 2.24) is 5.32 Å². The molecule has 0 bridgehead atoms. The molecule has 0 saturated carbocycles. The summed E-state index contributed by atoms with van der Waals surface area (Å²) in [7, 11) is 0. The van der Waals surface area contributed by atoms with E-state index in [2.05, 4.69) is 10.6 Å². The van der Waals surface area contributed by atoms with Crippen LogP contribution in [0.4, 0.5) is 23.7 Å². The Hall–Kier alpha value is -2.25. The van der Waals surface area contributed by atoms with E-state index in [-0.39, 0.29) is 5.56 Å². The molecule has 2 amide bonds. The zero-order chi connectivity index (χ0) is 16.2. The lowest BCUT2D eigenvalue weighted by molar-refractivity contribution is -0.138. The van der Waals surface area contributed by atoms with E-state index in [1.54, 1.807) is 6.92 Å². The molecule has 3 N–H and O–H groups in total. The molecule has 0 radical (unpaired) electrons. The predicted molar refractivity (Wildman–Crippen MR) is 70.4 cm³/mol. The van der Waals surface area contributed by atoms with Crippen molar-refractivity contribution in [2.24, 2.45) is 0 Å². The number of rotatable bonds is 4. The quantitative estimate of drug-likeness (QED) is 0.799. The van der Waals surface area contributed by atoms with Gasteiger partial charge in [0.25, 0.3) is 0 Å². The summed E-state index contributed by atoms with van der Waals surface area (Å²) in [6.45, 7) is 2.83. The predicted octanol–water partition coefficient (Wildman–Crippen LogP) is 3.16. The largest absolute Gasteiger partial charge is 0.478 e. The summed E-state index contributed by atoms with van der Waals surface area (Å²) in [4.78, 5) is 22.3. The molecular weight excluding hydrogens is 289 g/mol. The molecule has 0 heterocycles. The summed E-state index contributed by atoms with van der Waals surface area (Å²) in [5.41, 5.74) is 0.883. The molecule has 1 aromatic carbocycles. The Kier molecular flexibility index (Phi) is 5.17. The van der Waals surface area contributed by atoms with Crippen molar-refractivity contribution in [3.63, 3.8) is 0 Å². The van der Waals surface area contributed by atoms with Crippen LogP contribution >= 0.6 is 0 Å².